The van der Waals surface area contributed by atoms with Crippen molar-refractivity contribution in [2.45, 2.75) is 19.9 Å². The number of aromatic nitrogens is 3. The molecule has 5 nitrogen and oxygen atoms in total. The number of rotatable bonds is 5. The SMILES string of the molecule is CC(C)C(c1ccccc1)N(C)C(=O)c1ccc(-n2ccnc2)nc1. The average Bonchev–Trinajstić information content (AvgIpc) is 3.16. The van der Waals surface area contributed by atoms with Gasteiger partial charge in [0.1, 0.15) is 12.1 Å². The molecule has 0 saturated heterocycles. The minimum atomic E-state index is -0.0350. The van der Waals surface area contributed by atoms with Gasteiger partial charge in [-0.1, -0.05) is 44.2 Å². The van der Waals surface area contributed by atoms with Crippen LogP contribution in [0.1, 0.15) is 35.8 Å². The smallest absolute Gasteiger partial charge is 0.255 e. The lowest BCUT2D eigenvalue weighted by Gasteiger charge is -2.31. The summed E-state index contributed by atoms with van der Waals surface area (Å²) in [4.78, 5) is 23.1. The van der Waals surface area contributed by atoms with Crippen molar-refractivity contribution in [3.05, 3.63) is 78.5 Å². The van der Waals surface area contributed by atoms with Crippen molar-refractivity contribution in [2.75, 3.05) is 7.05 Å². The quantitative estimate of drug-likeness (QED) is 0.714. The third-order valence-electron chi connectivity index (χ3n) is 4.27. The fraction of sp³-hybridized carbons (Fsp3) is 0.250. The topological polar surface area (TPSA) is 51.0 Å². The first-order chi connectivity index (χ1) is 12.1. The first-order valence-corrected chi connectivity index (χ1v) is 8.34. The van der Waals surface area contributed by atoms with E-state index in [4.69, 9.17) is 0 Å². The summed E-state index contributed by atoms with van der Waals surface area (Å²) in [5, 5.41) is 0. The normalized spacial score (nSPS) is 12.2. The summed E-state index contributed by atoms with van der Waals surface area (Å²) in [6.45, 7) is 4.25. The number of hydrogen-bond acceptors (Lipinski definition) is 3. The van der Waals surface area contributed by atoms with Crippen molar-refractivity contribution >= 4 is 5.91 Å². The molecule has 0 aliphatic carbocycles. The van der Waals surface area contributed by atoms with Crippen LogP contribution in [-0.4, -0.2) is 32.4 Å². The van der Waals surface area contributed by atoms with Gasteiger partial charge in [-0.05, 0) is 23.6 Å². The van der Waals surface area contributed by atoms with Gasteiger partial charge in [0, 0.05) is 25.6 Å². The van der Waals surface area contributed by atoms with Gasteiger partial charge in [-0.3, -0.25) is 9.36 Å². The minimum Gasteiger partial charge on any atom is -0.334 e. The van der Waals surface area contributed by atoms with E-state index in [1.54, 1.807) is 28.2 Å². The van der Waals surface area contributed by atoms with E-state index in [2.05, 4.69) is 35.9 Å². The van der Waals surface area contributed by atoms with Crippen molar-refractivity contribution in [1.29, 1.82) is 0 Å². The third-order valence-corrected chi connectivity index (χ3v) is 4.27. The molecule has 2 heterocycles. The lowest BCUT2D eigenvalue weighted by Crippen LogP contribution is -2.34. The molecule has 2 aromatic heterocycles. The maximum Gasteiger partial charge on any atom is 0.255 e. The van der Waals surface area contributed by atoms with E-state index in [-0.39, 0.29) is 11.9 Å². The second kappa shape index (κ2) is 7.30. The summed E-state index contributed by atoms with van der Waals surface area (Å²) >= 11 is 0. The Kier molecular flexibility index (Phi) is 4.93. The average molecular weight is 334 g/mol. The fourth-order valence-corrected chi connectivity index (χ4v) is 3.10. The van der Waals surface area contributed by atoms with Gasteiger partial charge in [0.05, 0.1) is 11.6 Å². The van der Waals surface area contributed by atoms with Gasteiger partial charge in [0.2, 0.25) is 0 Å². The largest absolute Gasteiger partial charge is 0.334 e. The molecule has 25 heavy (non-hydrogen) atoms. The molecule has 0 fully saturated rings. The maximum absolute atomic E-state index is 12.9. The highest BCUT2D eigenvalue weighted by atomic mass is 16.2. The second-order valence-corrected chi connectivity index (χ2v) is 6.39. The lowest BCUT2D eigenvalue weighted by atomic mass is 9.94. The predicted molar refractivity (Wildman–Crippen MR) is 97.5 cm³/mol. The highest BCUT2D eigenvalue weighted by Gasteiger charge is 2.25. The summed E-state index contributed by atoms with van der Waals surface area (Å²) in [7, 11) is 1.85. The molecule has 3 aromatic rings. The van der Waals surface area contributed by atoms with Gasteiger partial charge in [0.25, 0.3) is 5.91 Å². The molecular weight excluding hydrogens is 312 g/mol. The number of carbonyl (C=O) groups is 1. The summed E-state index contributed by atoms with van der Waals surface area (Å²) in [5.74, 6) is 1.00. The Morgan fingerprint density at radius 3 is 2.44 bits per heavy atom. The van der Waals surface area contributed by atoms with Gasteiger partial charge >= 0.3 is 0 Å². The number of carbonyl (C=O) groups excluding carboxylic acids is 1. The van der Waals surface area contributed by atoms with Gasteiger partial charge < -0.3 is 4.90 Å². The molecule has 1 aromatic carbocycles. The number of pyridine rings is 1. The number of hydrogen-bond donors (Lipinski definition) is 0. The van der Waals surface area contributed by atoms with E-state index in [1.807, 2.05) is 43.6 Å². The highest BCUT2D eigenvalue weighted by Crippen LogP contribution is 2.28. The van der Waals surface area contributed by atoms with Gasteiger partial charge in [-0.25, -0.2) is 9.97 Å². The summed E-state index contributed by atoms with van der Waals surface area (Å²) < 4.78 is 1.80. The van der Waals surface area contributed by atoms with Gasteiger partial charge in [-0.15, -0.1) is 0 Å². The molecule has 0 aliphatic rings. The molecule has 0 radical (unpaired) electrons. The van der Waals surface area contributed by atoms with Crippen LogP contribution in [0.5, 0.6) is 0 Å². The fourth-order valence-electron chi connectivity index (χ4n) is 3.10. The zero-order valence-electron chi connectivity index (χ0n) is 14.7. The van der Waals surface area contributed by atoms with Crippen molar-refractivity contribution in [3.63, 3.8) is 0 Å². The lowest BCUT2D eigenvalue weighted by molar-refractivity contribution is 0.0687. The summed E-state index contributed by atoms with van der Waals surface area (Å²) in [6, 6.07) is 13.8. The van der Waals surface area contributed by atoms with Crippen LogP contribution in [0.25, 0.3) is 5.82 Å². The van der Waals surface area contributed by atoms with Crippen LogP contribution < -0.4 is 0 Å². The first-order valence-electron chi connectivity index (χ1n) is 8.34. The monoisotopic (exact) mass is 334 g/mol. The minimum absolute atomic E-state index is 0.0158. The van der Waals surface area contributed by atoms with Crippen LogP contribution in [0, 0.1) is 5.92 Å². The Hall–Kier alpha value is -2.95. The molecule has 0 spiro atoms. The van der Waals surface area contributed by atoms with Crippen molar-refractivity contribution in [1.82, 2.24) is 19.4 Å². The van der Waals surface area contributed by atoms with Crippen LogP contribution in [0.4, 0.5) is 0 Å². The second-order valence-electron chi connectivity index (χ2n) is 6.39. The van der Waals surface area contributed by atoms with Gasteiger partial charge in [-0.2, -0.15) is 0 Å². The Balaban J connectivity index is 1.83. The molecule has 0 N–H and O–H groups in total. The number of imidazole rings is 1. The number of amides is 1. The first kappa shape index (κ1) is 16.9. The van der Waals surface area contributed by atoms with E-state index in [1.165, 1.54) is 0 Å². The Morgan fingerprint density at radius 1 is 1.12 bits per heavy atom. The van der Waals surface area contributed by atoms with Crippen molar-refractivity contribution < 1.29 is 4.79 Å². The van der Waals surface area contributed by atoms with Gasteiger partial charge in [0.15, 0.2) is 0 Å². The van der Waals surface area contributed by atoms with E-state index in [9.17, 15) is 4.79 Å². The molecule has 1 amide bonds. The van der Waals surface area contributed by atoms with E-state index in [0.29, 0.717) is 11.5 Å². The number of nitrogens with zero attached hydrogens (tertiary/aromatic N) is 4. The molecule has 1 atom stereocenters. The van der Waals surface area contributed by atoms with Crippen LogP contribution >= 0.6 is 0 Å². The van der Waals surface area contributed by atoms with E-state index in [0.717, 1.165) is 11.4 Å². The molecule has 0 bridgehead atoms. The van der Waals surface area contributed by atoms with E-state index >= 15 is 0 Å². The Bertz CT molecular complexity index is 811. The zero-order chi connectivity index (χ0) is 17.8. The predicted octanol–water partition coefficient (Wildman–Crippen LogP) is 3.74. The summed E-state index contributed by atoms with van der Waals surface area (Å²) in [5.41, 5.74) is 1.71. The van der Waals surface area contributed by atoms with Crippen LogP contribution in [-0.2, 0) is 0 Å². The van der Waals surface area contributed by atoms with Crippen LogP contribution in [0.15, 0.2) is 67.4 Å². The third kappa shape index (κ3) is 3.60. The molecule has 0 saturated carbocycles. The zero-order valence-corrected chi connectivity index (χ0v) is 14.7. The standard InChI is InChI=1S/C20H22N4O/c1-15(2)19(16-7-5-4-6-8-16)23(3)20(25)17-9-10-18(22-13-17)24-12-11-21-14-24/h4-15,19H,1-3H3. The molecule has 0 aliphatic heterocycles. The molecular formula is C20H22N4O. The van der Waals surface area contributed by atoms with Crippen molar-refractivity contribution in [2.24, 2.45) is 5.92 Å². The Morgan fingerprint density at radius 2 is 1.88 bits per heavy atom. The maximum atomic E-state index is 12.9. The molecule has 128 valence electrons. The Labute approximate surface area is 148 Å². The summed E-state index contributed by atoms with van der Waals surface area (Å²) in [6.07, 6.45) is 6.82. The van der Waals surface area contributed by atoms with Crippen LogP contribution in [0.2, 0.25) is 0 Å². The van der Waals surface area contributed by atoms with E-state index < -0.39 is 0 Å². The highest BCUT2D eigenvalue weighted by molar-refractivity contribution is 5.94. The molecule has 1 unspecified atom stereocenters. The van der Waals surface area contributed by atoms with Crippen molar-refractivity contribution in [3.8, 4) is 5.82 Å². The van der Waals surface area contributed by atoms with Crippen LogP contribution in [0.3, 0.4) is 0 Å². The molecule has 5 heteroatoms. The number of benzene rings is 1. The molecule has 3 rings (SSSR count).